The largest absolute Gasteiger partial charge is 0.395 e. The summed E-state index contributed by atoms with van der Waals surface area (Å²) in [6, 6.07) is 6.23. The molecule has 0 radical (unpaired) electrons. The summed E-state index contributed by atoms with van der Waals surface area (Å²) in [6.45, 7) is 3.92. The van der Waals surface area contributed by atoms with Crippen molar-refractivity contribution in [3.05, 3.63) is 23.8 Å². The zero-order valence-electron chi connectivity index (χ0n) is 13.6. The van der Waals surface area contributed by atoms with Crippen LogP contribution in [0.25, 0.3) is 11.0 Å². The molecule has 1 unspecified atom stereocenters. The van der Waals surface area contributed by atoms with Crippen molar-refractivity contribution < 1.29 is 9.90 Å². The van der Waals surface area contributed by atoms with Gasteiger partial charge in [0.15, 0.2) is 0 Å². The molecule has 1 N–H and O–H groups in total. The van der Waals surface area contributed by atoms with Gasteiger partial charge in [-0.25, -0.2) is 0 Å². The molecule has 1 amide bonds. The summed E-state index contributed by atoms with van der Waals surface area (Å²) in [4.78, 5) is 17.1. The Balaban J connectivity index is 1.46. The number of aliphatic hydroxyl groups excluding tert-OH is 1. The van der Waals surface area contributed by atoms with E-state index in [-0.39, 0.29) is 17.9 Å². The number of hydrogen-bond acceptors (Lipinski definition) is 6. The Morgan fingerprint density at radius 1 is 1.21 bits per heavy atom. The number of piperidine rings is 1. The maximum atomic E-state index is 12.8. The Kier molecular flexibility index (Phi) is 4.24. The van der Waals surface area contributed by atoms with Gasteiger partial charge in [-0.3, -0.25) is 9.69 Å². The summed E-state index contributed by atoms with van der Waals surface area (Å²) >= 11 is 1.24. The summed E-state index contributed by atoms with van der Waals surface area (Å²) in [6.07, 6.45) is 2.93. The first-order valence-electron chi connectivity index (χ1n) is 8.54. The number of likely N-dealkylation sites (tertiary alicyclic amines) is 2. The highest BCUT2D eigenvalue weighted by atomic mass is 32.1. The van der Waals surface area contributed by atoms with Gasteiger partial charge in [0.05, 0.1) is 23.8 Å². The summed E-state index contributed by atoms with van der Waals surface area (Å²) < 4.78 is 8.55. The summed E-state index contributed by atoms with van der Waals surface area (Å²) in [7, 11) is 0. The molecule has 2 aliphatic heterocycles. The van der Waals surface area contributed by atoms with Crippen molar-refractivity contribution in [2.45, 2.75) is 25.8 Å². The lowest BCUT2D eigenvalue weighted by Crippen LogP contribution is -2.50. The van der Waals surface area contributed by atoms with Crippen LogP contribution in [0.15, 0.2) is 18.2 Å². The molecule has 3 heterocycles. The molecule has 0 bridgehead atoms. The zero-order valence-corrected chi connectivity index (χ0v) is 14.5. The maximum absolute atomic E-state index is 12.8. The quantitative estimate of drug-likeness (QED) is 0.908. The van der Waals surface area contributed by atoms with E-state index in [0.29, 0.717) is 6.54 Å². The molecule has 0 aliphatic carbocycles. The molecule has 2 aliphatic rings. The summed E-state index contributed by atoms with van der Waals surface area (Å²) in [5.41, 5.74) is 2.89. The van der Waals surface area contributed by atoms with E-state index in [9.17, 15) is 4.79 Å². The standard InChI is InChI=1S/C17H22N4O2S/c22-9-8-21-6-1-4-17(16(21)23)5-7-20(12-17)11-13-2-3-14-15(10-13)19-24-18-14/h2-3,10,22H,1,4-9,11-12H2. The maximum Gasteiger partial charge on any atom is 0.230 e. The minimum absolute atomic E-state index is 0.0488. The molecule has 1 aromatic carbocycles. The van der Waals surface area contributed by atoms with Crippen LogP contribution in [-0.4, -0.2) is 62.3 Å². The van der Waals surface area contributed by atoms with E-state index in [2.05, 4.69) is 25.8 Å². The average molecular weight is 346 g/mol. The van der Waals surface area contributed by atoms with Crippen molar-refractivity contribution in [1.29, 1.82) is 0 Å². The van der Waals surface area contributed by atoms with Crippen LogP contribution in [0.2, 0.25) is 0 Å². The molecule has 2 saturated heterocycles. The van der Waals surface area contributed by atoms with Crippen LogP contribution in [0.1, 0.15) is 24.8 Å². The van der Waals surface area contributed by atoms with Crippen molar-refractivity contribution in [3.8, 4) is 0 Å². The fourth-order valence-electron chi connectivity index (χ4n) is 4.14. The highest BCUT2D eigenvalue weighted by molar-refractivity contribution is 7.00. The Labute approximate surface area is 145 Å². The third kappa shape index (κ3) is 2.81. The molecule has 4 rings (SSSR count). The van der Waals surface area contributed by atoms with Gasteiger partial charge in [-0.15, -0.1) is 0 Å². The second-order valence-electron chi connectivity index (χ2n) is 6.95. The predicted molar refractivity (Wildman–Crippen MR) is 92.6 cm³/mol. The fourth-order valence-corrected chi connectivity index (χ4v) is 4.66. The molecular weight excluding hydrogens is 324 g/mol. The van der Waals surface area contributed by atoms with Crippen molar-refractivity contribution in [3.63, 3.8) is 0 Å². The van der Waals surface area contributed by atoms with Crippen LogP contribution in [0, 0.1) is 5.41 Å². The number of aliphatic hydroxyl groups is 1. The third-order valence-electron chi connectivity index (χ3n) is 5.35. The number of fused-ring (bicyclic) bond motifs is 1. The van der Waals surface area contributed by atoms with Gasteiger partial charge >= 0.3 is 0 Å². The Morgan fingerprint density at radius 3 is 2.96 bits per heavy atom. The molecule has 1 atom stereocenters. The first kappa shape index (κ1) is 15.9. The molecule has 0 saturated carbocycles. The number of aromatic nitrogens is 2. The van der Waals surface area contributed by atoms with Crippen molar-refractivity contribution in [2.75, 3.05) is 32.8 Å². The summed E-state index contributed by atoms with van der Waals surface area (Å²) in [5.74, 6) is 0.240. The van der Waals surface area contributed by atoms with E-state index in [0.717, 1.165) is 56.5 Å². The number of carbonyl (C=O) groups excluding carboxylic acids is 1. The number of nitrogens with zero attached hydrogens (tertiary/aromatic N) is 4. The smallest absolute Gasteiger partial charge is 0.230 e. The fraction of sp³-hybridized carbons (Fsp3) is 0.588. The average Bonchev–Trinajstić information content (AvgIpc) is 3.20. The molecular formula is C17H22N4O2S. The Morgan fingerprint density at radius 2 is 2.08 bits per heavy atom. The van der Waals surface area contributed by atoms with Crippen LogP contribution < -0.4 is 0 Å². The lowest BCUT2D eigenvalue weighted by Gasteiger charge is -2.39. The minimum atomic E-state index is -0.236. The van der Waals surface area contributed by atoms with Gasteiger partial charge in [0.25, 0.3) is 0 Å². The minimum Gasteiger partial charge on any atom is -0.395 e. The highest BCUT2D eigenvalue weighted by Crippen LogP contribution is 2.40. The van der Waals surface area contributed by atoms with E-state index in [1.165, 1.54) is 17.3 Å². The molecule has 1 spiro atoms. The predicted octanol–water partition coefficient (Wildman–Crippen LogP) is 1.50. The first-order valence-corrected chi connectivity index (χ1v) is 9.27. The Bertz CT molecular complexity index is 747. The summed E-state index contributed by atoms with van der Waals surface area (Å²) in [5, 5.41) is 9.17. The lowest BCUT2D eigenvalue weighted by atomic mass is 9.78. The van der Waals surface area contributed by atoms with Gasteiger partial charge in [-0.05, 0) is 43.5 Å². The molecule has 7 heteroatoms. The molecule has 24 heavy (non-hydrogen) atoms. The number of benzene rings is 1. The van der Waals surface area contributed by atoms with Gasteiger partial charge < -0.3 is 10.0 Å². The van der Waals surface area contributed by atoms with E-state index >= 15 is 0 Å². The molecule has 128 valence electrons. The monoisotopic (exact) mass is 346 g/mol. The second kappa shape index (κ2) is 6.38. The third-order valence-corrected chi connectivity index (χ3v) is 5.91. The number of carbonyl (C=O) groups is 1. The topological polar surface area (TPSA) is 69.6 Å². The van der Waals surface area contributed by atoms with Gasteiger partial charge in [-0.2, -0.15) is 8.75 Å². The van der Waals surface area contributed by atoms with E-state index in [4.69, 9.17) is 5.11 Å². The molecule has 2 fully saturated rings. The molecule has 1 aromatic heterocycles. The van der Waals surface area contributed by atoms with Gasteiger partial charge in [0.1, 0.15) is 11.0 Å². The highest BCUT2D eigenvalue weighted by Gasteiger charge is 2.47. The van der Waals surface area contributed by atoms with E-state index in [1.54, 1.807) is 0 Å². The SMILES string of the molecule is O=C1N(CCO)CCCC12CCN(Cc1ccc3nsnc3c1)C2. The van der Waals surface area contributed by atoms with Crippen LogP contribution in [-0.2, 0) is 11.3 Å². The normalized spacial score (nSPS) is 25.2. The van der Waals surface area contributed by atoms with Crippen molar-refractivity contribution >= 4 is 28.7 Å². The van der Waals surface area contributed by atoms with E-state index < -0.39 is 0 Å². The van der Waals surface area contributed by atoms with Crippen LogP contribution in [0.5, 0.6) is 0 Å². The lowest BCUT2D eigenvalue weighted by molar-refractivity contribution is -0.146. The van der Waals surface area contributed by atoms with Gasteiger partial charge in [0, 0.05) is 26.2 Å². The molecule has 2 aromatic rings. The van der Waals surface area contributed by atoms with E-state index in [1.807, 2.05) is 11.0 Å². The van der Waals surface area contributed by atoms with Crippen LogP contribution in [0.3, 0.4) is 0 Å². The second-order valence-corrected chi connectivity index (χ2v) is 7.48. The Hall–Kier alpha value is -1.57. The number of rotatable bonds is 4. The number of hydrogen-bond donors (Lipinski definition) is 1. The van der Waals surface area contributed by atoms with Crippen molar-refractivity contribution in [1.82, 2.24) is 18.5 Å². The van der Waals surface area contributed by atoms with Crippen LogP contribution >= 0.6 is 11.7 Å². The zero-order chi connectivity index (χ0) is 16.6. The van der Waals surface area contributed by atoms with Gasteiger partial charge in [0.2, 0.25) is 5.91 Å². The van der Waals surface area contributed by atoms with Gasteiger partial charge in [-0.1, -0.05) is 6.07 Å². The first-order chi connectivity index (χ1) is 11.7. The number of amides is 1. The molecule has 6 nitrogen and oxygen atoms in total. The van der Waals surface area contributed by atoms with Crippen LogP contribution in [0.4, 0.5) is 0 Å². The number of β-amino-alcohol motifs (C(OH)–C–C–N with tert-alkyl or cyclic N) is 1. The van der Waals surface area contributed by atoms with Crippen molar-refractivity contribution in [2.24, 2.45) is 5.41 Å².